The smallest absolute Gasteiger partial charge is 0.254 e. The van der Waals surface area contributed by atoms with Gasteiger partial charge in [0.1, 0.15) is 17.8 Å². The fourth-order valence-electron chi connectivity index (χ4n) is 4.47. The summed E-state index contributed by atoms with van der Waals surface area (Å²) < 4.78 is 48.1. The van der Waals surface area contributed by atoms with Gasteiger partial charge in [0.15, 0.2) is 0 Å². The summed E-state index contributed by atoms with van der Waals surface area (Å²) in [6, 6.07) is 16.9. The second kappa shape index (κ2) is 12.0. The molecule has 3 aromatic carbocycles. The molecule has 4 rings (SSSR count). The normalized spacial score (nSPS) is 15.5. The molecule has 0 bridgehead atoms. The molecule has 4 nitrogen and oxygen atoms in total. The maximum Gasteiger partial charge on any atom is 0.254 e. The van der Waals surface area contributed by atoms with Gasteiger partial charge >= 0.3 is 0 Å². The highest BCUT2D eigenvalue weighted by Crippen LogP contribution is 2.31. The Balaban J connectivity index is 1.48. The molecule has 37 heavy (non-hydrogen) atoms. The zero-order valence-electron chi connectivity index (χ0n) is 21.2. The molecule has 1 amide bonds. The molecule has 0 N–H and O–H groups in total. The third kappa shape index (κ3) is 6.30. The summed E-state index contributed by atoms with van der Waals surface area (Å²) in [4.78, 5) is 18.1. The van der Waals surface area contributed by atoms with E-state index in [1.807, 2.05) is 23.3 Å². The molecule has 3 aromatic rings. The van der Waals surface area contributed by atoms with E-state index in [9.17, 15) is 18.0 Å². The number of anilines is 1. The Morgan fingerprint density at radius 2 is 1.68 bits per heavy atom. The van der Waals surface area contributed by atoms with Crippen LogP contribution in [-0.2, 0) is 4.74 Å². The van der Waals surface area contributed by atoms with Crippen LogP contribution in [0.1, 0.15) is 35.9 Å². The number of alkyl halides is 1. The highest BCUT2D eigenvalue weighted by Gasteiger charge is 2.26. The Hall–Kier alpha value is -2.97. The number of thioether (sulfide) groups is 1. The number of amides is 1. The summed E-state index contributed by atoms with van der Waals surface area (Å²) in [5.74, 6) is -0.927. The second-order valence-electron chi connectivity index (χ2n) is 9.14. The molecule has 2 atom stereocenters. The van der Waals surface area contributed by atoms with Gasteiger partial charge in [-0.15, -0.1) is 11.8 Å². The molecule has 1 aliphatic heterocycles. The van der Waals surface area contributed by atoms with E-state index in [0.717, 1.165) is 4.90 Å². The molecule has 196 valence electrons. The molecular formula is C29H31F3N2O2S. The van der Waals surface area contributed by atoms with Gasteiger partial charge in [0.05, 0.1) is 18.4 Å². The Morgan fingerprint density at radius 1 is 0.946 bits per heavy atom. The highest BCUT2D eigenvalue weighted by molar-refractivity contribution is 7.98. The summed E-state index contributed by atoms with van der Waals surface area (Å²) in [6.07, 6.45) is 0.424. The monoisotopic (exact) mass is 528 g/mol. The number of carbonyl (C=O) groups excluding carboxylic acids is 1. The number of hydrogen-bond donors (Lipinski definition) is 0. The first-order valence-corrected chi connectivity index (χ1v) is 13.5. The molecule has 0 aliphatic carbocycles. The van der Waals surface area contributed by atoms with Crippen molar-refractivity contribution in [3.05, 3.63) is 83.4 Å². The molecule has 1 fully saturated rings. The van der Waals surface area contributed by atoms with Crippen molar-refractivity contribution in [2.75, 3.05) is 43.9 Å². The maximum atomic E-state index is 15.0. The van der Waals surface area contributed by atoms with Crippen LogP contribution in [0.25, 0.3) is 11.1 Å². The molecule has 1 aliphatic rings. The molecule has 0 aromatic heterocycles. The predicted octanol–water partition coefficient (Wildman–Crippen LogP) is 6.75. The third-order valence-electron chi connectivity index (χ3n) is 6.55. The van der Waals surface area contributed by atoms with E-state index in [0.29, 0.717) is 54.1 Å². The van der Waals surface area contributed by atoms with Gasteiger partial charge in [0.2, 0.25) is 0 Å². The minimum Gasteiger partial charge on any atom is -0.371 e. The number of benzene rings is 3. The number of rotatable bonds is 8. The van der Waals surface area contributed by atoms with Crippen LogP contribution in [0, 0.1) is 11.6 Å². The number of hydrogen-bond acceptors (Lipinski definition) is 4. The lowest BCUT2D eigenvalue weighted by Gasteiger charge is -2.36. The average Bonchev–Trinajstić information content (AvgIpc) is 2.91. The van der Waals surface area contributed by atoms with Gasteiger partial charge in [0.25, 0.3) is 5.91 Å². The topological polar surface area (TPSA) is 32.8 Å². The Labute approximate surface area is 220 Å². The lowest BCUT2D eigenvalue weighted by Crippen LogP contribution is -2.49. The average molecular weight is 529 g/mol. The summed E-state index contributed by atoms with van der Waals surface area (Å²) in [5.41, 5.74) is 2.50. The van der Waals surface area contributed by atoms with E-state index in [-0.39, 0.29) is 24.1 Å². The van der Waals surface area contributed by atoms with Gasteiger partial charge in [-0.3, -0.25) is 4.79 Å². The fraction of sp³-hybridized carbons (Fsp3) is 0.345. The highest BCUT2D eigenvalue weighted by atomic mass is 32.2. The first-order valence-electron chi connectivity index (χ1n) is 12.3. The Kier molecular flexibility index (Phi) is 8.82. The van der Waals surface area contributed by atoms with Crippen molar-refractivity contribution in [1.29, 1.82) is 0 Å². The SMILES string of the molecule is CSc1ccc(-c2ccccc2F)c(C(=O)N2CCN(c3ccc(C(C)OCC(C)F)cc3F)CC2)c1. The maximum absolute atomic E-state index is 15.0. The Morgan fingerprint density at radius 3 is 2.32 bits per heavy atom. The van der Waals surface area contributed by atoms with Crippen molar-refractivity contribution >= 4 is 23.4 Å². The zero-order chi connectivity index (χ0) is 26.5. The number of halogens is 3. The largest absolute Gasteiger partial charge is 0.371 e. The van der Waals surface area contributed by atoms with Crippen molar-refractivity contribution in [3.8, 4) is 11.1 Å². The van der Waals surface area contributed by atoms with Crippen LogP contribution in [0.15, 0.2) is 65.6 Å². The molecule has 0 saturated carbocycles. The Bertz CT molecular complexity index is 1250. The van der Waals surface area contributed by atoms with Crippen molar-refractivity contribution in [2.24, 2.45) is 0 Å². The van der Waals surface area contributed by atoms with Crippen molar-refractivity contribution in [2.45, 2.75) is 31.0 Å². The van der Waals surface area contributed by atoms with Crippen LogP contribution in [0.4, 0.5) is 18.9 Å². The number of nitrogens with zero attached hydrogens (tertiary/aromatic N) is 2. The van der Waals surface area contributed by atoms with E-state index in [2.05, 4.69) is 0 Å². The van der Waals surface area contributed by atoms with E-state index in [4.69, 9.17) is 4.74 Å². The van der Waals surface area contributed by atoms with Crippen molar-refractivity contribution in [1.82, 2.24) is 4.90 Å². The summed E-state index contributed by atoms with van der Waals surface area (Å²) >= 11 is 1.52. The van der Waals surface area contributed by atoms with E-state index >= 15 is 0 Å². The third-order valence-corrected chi connectivity index (χ3v) is 7.27. The first-order chi connectivity index (χ1) is 17.8. The quantitative estimate of drug-likeness (QED) is 0.303. The molecule has 0 radical (unpaired) electrons. The predicted molar refractivity (Wildman–Crippen MR) is 143 cm³/mol. The number of piperazine rings is 1. The first kappa shape index (κ1) is 27.1. The molecule has 8 heteroatoms. The van der Waals surface area contributed by atoms with E-state index < -0.39 is 12.3 Å². The summed E-state index contributed by atoms with van der Waals surface area (Å²) in [7, 11) is 0. The van der Waals surface area contributed by atoms with Gasteiger partial charge in [0, 0.05) is 42.2 Å². The molecule has 2 unspecified atom stereocenters. The molecule has 1 heterocycles. The molecule has 1 saturated heterocycles. The van der Waals surface area contributed by atoms with Gasteiger partial charge in [-0.25, -0.2) is 13.2 Å². The van der Waals surface area contributed by atoms with Gasteiger partial charge in [-0.1, -0.05) is 30.3 Å². The summed E-state index contributed by atoms with van der Waals surface area (Å²) in [6.45, 7) is 4.89. The van der Waals surface area contributed by atoms with Crippen molar-refractivity contribution in [3.63, 3.8) is 0 Å². The van der Waals surface area contributed by atoms with Crippen LogP contribution >= 0.6 is 11.8 Å². The molecule has 0 spiro atoms. The van der Waals surface area contributed by atoms with Crippen LogP contribution in [-0.4, -0.2) is 56.0 Å². The second-order valence-corrected chi connectivity index (χ2v) is 10.0. The van der Waals surface area contributed by atoms with Gasteiger partial charge in [-0.2, -0.15) is 0 Å². The zero-order valence-corrected chi connectivity index (χ0v) is 22.0. The number of ether oxygens (including phenoxy) is 1. The van der Waals surface area contributed by atoms with Gasteiger partial charge < -0.3 is 14.5 Å². The van der Waals surface area contributed by atoms with Crippen LogP contribution in [0.2, 0.25) is 0 Å². The molecular weight excluding hydrogens is 497 g/mol. The van der Waals surface area contributed by atoms with Crippen LogP contribution in [0.5, 0.6) is 0 Å². The van der Waals surface area contributed by atoms with Gasteiger partial charge in [-0.05, 0) is 61.6 Å². The lowest BCUT2D eigenvalue weighted by molar-refractivity contribution is 0.0324. The van der Waals surface area contributed by atoms with Crippen LogP contribution in [0.3, 0.4) is 0 Å². The standard InChI is InChI=1S/C29H31F3N2O2S/c1-19(30)18-36-20(2)21-8-11-28(27(32)16-21)33-12-14-34(15-13-33)29(35)25-17-22(37-3)9-10-23(25)24-6-4-5-7-26(24)31/h4-11,16-17,19-20H,12-15,18H2,1-3H3. The van der Waals surface area contributed by atoms with E-state index in [1.165, 1.54) is 30.8 Å². The van der Waals surface area contributed by atoms with Crippen LogP contribution < -0.4 is 4.90 Å². The lowest BCUT2D eigenvalue weighted by atomic mass is 9.98. The minimum absolute atomic E-state index is 0.0427. The number of carbonyl (C=O) groups is 1. The van der Waals surface area contributed by atoms with E-state index in [1.54, 1.807) is 48.2 Å². The van der Waals surface area contributed by atoms with Crippen molar-refractivity contribution < 1.29 is 22.7 Å². The summed E-state index contributed by atoms with van der Waals surface area (Å²) in [5, 5.41) is 0. The minimum atomic E-state index is -1.09. The fourth-order valence-corrected chi connectivity index (χ4v) is 4.91.